The Balaban J connectivity index is 1.72. The number of imide groups is 1. The highest BCUT2D eigenvalue weighted by Crippen LogP contribution is 2.22. The largest absolute Gasteiger partial charge is 0.444 e. The van der Waals surface area contributed by atoms with Crippen molar-refractivity contribution in [2.45, 2.75) is 52.1 Å². The van der Waals surface area contributed by atoms with Gasteiger partial charge in [0.25, 0.3) is 11.8 Å². The molecule has 0 spiro atoms. The summed E-state index contributed by atoms with van der Waals surface area (Å²) in [5, 5.41) is 3.70. The van der Waals surface area contributed by atoms with Crippen LogP contribution in [0.4, 0.5) is 4.79 Å². The van der Waals surface area contributed by atoms with Gasteiger partial charge in [-0.2, -0.15) is 0 Å². The molecule has 180 valence electrons. The molecule has 0 unspecified atom stereocenters. The summed E-state index contributed by atoms with van der Waals surface area (Å²) < 4.78 is 5.16. The molecule has 2 N–H and O–H groups in total. The first-order chi connectivity index (χ1) is 16.0. The second kappa shape index (κ2) is 10.3. The minimum absolute atomic E-state index is 0.0335. The summed E-state index contributed by atoms with van der Waals surface area (Å²) in [7, 11) is 0. The van der Waals surface area contributed by atoms with E-state index < -0.39 is 29.5 Å². The number of hydrogen-bond acceptors (Lipinski definition) is 7. The number of nitrogens with one attached hydrogen (secondary N) is 2. The Morgan fingerprint density at radius 3 is 2.47 bits per heavy atom. The SMILES string of the molecule is CC(C)(C)OC(=O)NCC/C=C(/CC(=O)c1c[nH]c2ccccc12)C(=O)ON1C(=O)CCC1=O. The van der Waals surface area contributed by atoms with E-state index in [1.54, 1.807) is 39.1 Å². The molecule has 10 nitrogen and oxygen atoms in total. The minimum atomic E-state index is -0.978. The lowest BCUT2D eigenvalue weighted by Gasteiger charge is -2.19. The summed E-state index contributed by atoms with van der Waals surface area (Å²) in [5.74, 6) is -2.56. The first-order valence-electron chi connectivity index (χ1n) is 10.9. The number of H-pyrrole nitrogens is 1. The molecule has 1 aliphatic heterocycles. The van der Waals surface area contributed by atoms with Gasteiger partial charge in [0.05, 0.1) is 0 Å². The second-order valence-electron chi connectivity index (χ2n) is 8.76. The number of para-hydroxylation sites is 1. The molecule has 0 bridgehead atoms. The quantitative estimate of drug-likeness (QED) is 0.262. The summed E-state index contributed by atoms with van der Waals surface area (Å²) >= 11 is 0. The highest BCUT2D eigenvalue weighted by molar-refractivity contribution is 6.11. The predicted molar refractivity (Wildman–Crippen MR) is 121 cm³/mol. The molecule has 10 heteroatoms. The van der Waals surface area contributed by atoms with Crippen LogP contribution in [0, 0.1) is 0 Å². The maximum atomic E-state index is 13.0. The van der Waals surface area contributed by atoms with Gasteiger partial charge in [0, 0.05) is 54.0 Å². The molecule has 0 aliphatic carbocycles. The third-order valence-electron chi connectivity index (χ3n) is 4.89. The fourth-order valence-electron chi connectivity index (χ4n) is 3.33. The van der Waals surface area contributed by atoms with E-state index in [2.05, 4.69) is 10.3 Å². The van der Waals surface area contributed by atoms with Crippen LogP contribution in [0.25, 0.3) is 10.9 Å². The molecule has 0 atom stereocenters. The van der Waals surface area contributed by atoms with Crippen molar-refractivity contribution in [1.29, 1.82) is 0 Å². The normalized spacial score (nSPS) is 14.4. The second-order valence-corrected chi connectivity index (χ2v) is 8.76. The van der Waals surface area contributed by atoms with Gasteiger partial charge in [-0.1, -0.05) is 24.3 Å². The number of carbonyl (C=O) groups is 5. The third kappa shape index (κ3) is 6.31. The molecule has 1 aliphatic rings. The van der Waals surface area contributed by atoms with Crippen LogP contribution in [0.2, 0.25) is 0 Å². The number of rotatable bonds is 8. The van der Waals surface area contributed by atoms with Crippen molar-refractivity contribution in [3.05, 3.63) is 47.7 Å². The maximum absolute atomic E-state index is 13.0. The summed E-state index contributed by atoms with van der Waals surface area (Å²) in [4.78, 5) is 69.2. The van der Waals surface area contributed by atoms with E-state index in [0.717, 1.165) is 5.52 Å². The molecule has 1 saturated heterocycles. The molecule has 1 aromatic carbocycles. The van der Waals surface area contributed by atoms with Gasteiger partial charge in [0.15, 0.2) is 5.78 Å². The molecule has 2 aromatic rings. The van der Waals surface area contributed by atoms with E-state index in [0.29, 0.717) is 16.0 Å². The van der Waals surface area contributed by atoms with Crippen LogP contribution in [0.5, 0.6) is 0 Å². The van der Waals surface area contributed by atoms with Crippen LogP contribution in [-0.2, 0) is 24.0 Å². The molecular formula is C24H27N3O7. The maximum Gasteiger partial charge on any atom is 0.407 e. The van der Waals surface area contributed by atoms with Gasteiger partial charge in [0.2, 0.25) is 0 Å². The summed E-state index contributed by atoms with van der Waals surface area (Å²) in [6.07, 6.45) is 2.17. The highest BCUT2D eigenvalue weighted by Gasteiger charge is 2.34. The van der Waals surface area contributed by atoms with Crippen LogP contribution in [0.15, 0.2) is 42.1 Å². The molecule has 0 saturated carbocycles. The molecule has 1 fully saturated rings. The number of benzene rings is 1. The van der Waals surface area contributed by atoms with Crippen LogP contribution in [-0.4, -0.2) is 51.9 Å². The number of ether oxygens (including phenoxy) is 1. The molecule has 0 radical (unpaired) electrons. The van der Waals surface area contributed by atoms with Gasteiger partial charge >= 0.3 is 12.1 Å². The third-order valence-corrected chi connectivity index (χ3v) is 4.89. The van der Waals surface area contributed by atoms with E-state index in [-0.39, 0.29) is 43.6 Å². The number of nitrogens with zero attached hydrogens (tertiary/aromatic N) is 1. The van der Waals surface area contributed by atoms with E-state index in [9.17, 15) is 24.0 Å². The van der Waals surface area contributed by atoms with Gasteiger partial charge in [-0.25, -0.2) is 9.59 Å². The van der Waals surface area contributed by atoms with Crippen molar-refractivity contribution < 1.29 is 33.5 Å². The summed E-state index contributed by atoms with van der Waals surface area (Å²) in [5.41, 5.74) is 0.479. The van der Waals surface area contributed by atoms with E-state index in [1.807, 2.05) is 12.1 Å². The zero-order chi connectivity index (χ0) is 24.9. The Bertz CT molecular complexity index is 1140. The lowest BCUT2D eigenvalue weighted by atomic mass is 10.0. The standard InChI is InChI=1S/C24H27N3O7/c1-24(2,3)33-23(32)25-12-6-7-15(22(31)34-27-20(29)10-11-21(27)30)13-19(28)17-14-26-18-9-5-4-8-16(17)18/h4-5,7-9,14,26H,6,10-13H2,1-3H3,(H,25,32)/b15-7-. The van der Waals surface area contributed by atoms with Gasteiger partial charge in [-0.3, -0.25) is 14.4 Å². The van der Waals surface area contributed by atoms with Crippen molar-refractivity contribution in [3.8, 4) is 0 Å². The fourth-order valence-corrected chi connectivity index (χ4v) is 3.33. The minimum Gasteiger partial charge on any atom is -0.444 e. The number of aromatic nitrogens is 1. The predicted octanol–water partition coefficient (Wildman–Crippen LogP) is 3.19. The number of carbonyl (C=O) groups excluding carboxylic acids is 5. The number of hydroxylamine groups is 2. The monoisotopic (exact) mass is 469 g/mol. The lowest BCUT2D eigenvalue weighted by Crippen LogP contribution is -2.33. The van der Waals surface area contributed by atoms with Crippen molar-refractivity contribution in [1.82, 2.24) is 15.4 Å². The Morgan fingerprint density at radius 1 is 1.12 bits per heavy atom. The Kier molecular flexibility index (Phi) is 7.50. The zero-order valence-electron chi connectivity index (χ0n) is 19.3. The number of alkyl carbamates (subject to hydrolysis) is 1. The number of amides is 3. The molecule has 1 aromatic heterocycles. The van der Waals surface area contributed by atoms with Crippen molar-refractivity contribution in [2.24, 2.45) is 0 Å². The Morgan fingerprint density at radius 2 is 1.79 bits per heavy atom. The Labute approximate surface area is 196 Å². The van der Waals surface area contributed by atoms with Gasteiger partial charge in [-0.05, 0) is 33.3 Å². The van der Waals surface area contributed by atoms with Crippen LogP contribution >= 0.6 is 0 Å². The van der Waals surface area contributed by atoms with Gasteiger partial charge < -0.3 is 19.9 Å². The summed E-state index contributed by atoms with van der Waals surface area (Å²) in [6.45, 7) is 5.34. The molecular weight excluding hydrogens is 442 g/mol. The van der Waals surface area contributed by atoms with Crippen molar-refractivity contribution in [2.75, 3.05) is 6.54 Å². The average Bonchev–Trinajstić information content (AvgIpc) is 3.33. The number of fused-ring (bicyclic) bond motifs is 1. The molecule has 3 amide bonds. The van der Waals surface area contributed by atoms with Crippen LogP contribution in [0.3, 0.4) is 0 Å². The lowest BCUT2D eigenvalue weighted by molar-refractivity contribution is -0.194. The number of aromatic amines is 1. The van der Waals surface area contributed by atoms with Crippen molar-refractivity contribution in [3.63, 3.8) is 0 Å². The average molecular weight is 469 g/mol. The van der Waals surface area contributed by atoms with Gasteiger partial charge in [-0.15, -0.1) is 5.06 Å². The molecule has 2 heterocycles. The zero-order valence-corrected chi connectivity index (χ0v) is 19.3. The number of Topliss-reactive ketones (excluding diaryl/α,β-unsaturated/α-hetero) is 1. The first-order valence-corrected chi connectivity index (χ1v) is 10.9. The highest BCUT2D eigenvalue weighted by atomic mass is 16.7. The van der Waals surface area contributed by atoms with Gasteiger partial charge in [0.1, 0.15) is 5.60 Å². The van der Waals surface area contributed by atoms with Crippen LogP contribution < -0.4 is 5.32 Å². The first kappa shape index (κ1) is 24.7. The smallest absolute Gasteiger partial charge is 0.407 e. The van der Waals surface area contributed by atoms with E-state index in [4.69, 9.17) is 9.57 Å². The van der Waals surface area contributed by atoms with Crippen LogP contribution in [0.1, 0.15) is 56.8 Å². The molecule has 3 rings (SSSR count). The summed E-state index contributed by atoms with van der Waals surface area (Å²) in [6, 6.07) is 7.24. The number of hydrogen-bond donors (Lipinski definition) is 2. The van der Waals surface area contributed by atoms with Crippen molar-refractivity contribution >= 4 is 40.6 Å². The van der Waals surface area contributed by atoms with E-state index >= 15 is 0 Å². The fraction of sp³-hybridized carbons (Fsp3) is 0.375. The molecule has 34 heavy (non-hydrogen) atoms. The van der Waals surface area contributed by atoms with E-state index in [1.165, 1.54) is 6.08 Å². The number of ketones is 1. The Hall–Kier alpha value is -3.95. The topological polar surface area (TPSA) is 135 Å².